The van der Waals surface area contributed by atoms with Crippen LogP contribution in [0.5, 0.6) is 0 Å². The summed E-state index contributed by atoms with van der Waals surface area (Å²) in [7, 11) is 0. The Balaban J connectivity index is 1.68. The Hall–Kier alpha value is -5.02. The molecule has 1 aliphatic carbocycles. The number of Topliss-reactive ketones (excluding diaryl/α,β-unsaturated/α-hetero) is 1. The van der Waals surface area contributed by atoms with Gasteiger partial charge in [-0.15, -0.1) is 0 Å². The van der Waals surface area contributed by atoms with Crippen molar-refractivity contribution >= 4 is 47.4 Å². The maximum Gasteiger partial charge on any atom is 0.407 e. The Bertz CT molecular complexity index is 1520. The molecule has 0 bridgehead atoms. The predicted octanol–water partition coefficient (Wildman–Crippen LogP) is 2.61. The predicted molar refractivity (Wildman–Crippen MR) is 206 cm³/mol. The van der Waals surface area contributed by atoms with E-state index in [0.29, 0.717) is 37.9 Å². The highest BCUT2D eigenvalue weighted by molar-refractivity contribution is 6.38. The molecule has 1 aromatic rings. The van der Waals surface area contributed by atoms with E-state index >= 15 is 0 Å². The fraction of sp³-hybridized carbons (Fsp3) is 0.650. The molecule has 2 aliphatic rings. The average molecular weight is 785 g/mol. The Labute approximate surface area is 329 Å². The van der Waals surface area contributed by atoms with Crippen LogP contribution in [0.1, 0.15) is 104 Å². The molecule has 0 spiro atoms. The first kappa shape index (κ1) is 45.4. The Morgan fingerprint density at radius 3 is 2.00 bits per heavy atom. The third-order valence-electron chi connectivity index (χ3n) is 10.00. The van der Waals surface area contributed by atoms with Crippen LogP contribution in [0.3, 0.4) is 0 Å². The first-order valence-corrected chi connectivity index (χ1v) is 19.8. The topological polar surface area (TPSA) is 229 Å². The molecule has 0 radical (unpaired) electrons. The number of alkyl carbamates (subject to hydrolysis) is 1. The fourth-order valence-corrected chi connectivity index (χ4v) is 7.04. The molecule has 1 aliphatic heterocycles. The van der Waals surface area contributed by atoms with Crippen molar-refractivity contribution < 1.29 is 48.2 Å². The largest absolute Gasteiger partial charge is 0.479 e. The highest BCUT2D eigenvalue weighted by Crippen LogP contribution is 2.29. The van der Waals surface area contributed by atoms with E-state index in [1.165, 1.54) is 12.1 Å². The third-order valence-corrected chi connectivity index (χ3v) is 10.00. The van der Waals surface area contributed by atoms with Crippen LogP contribution in [0.25, 0.3) is 0 Å². The van der Waals surface area contributed by atoms with Gasteiger partial charge in [-0.1, -0.05) is 84.2 Å². The molecule has 16 nitrogen and oxygen atoms in total. The zero-order chi connectivity index (χ0) is 41.4. The van der Waals surface area contributed by atoms with Crippen molar-refractivity contribution in [1.82, 2.24) is 31.5 Å². The SMILES string of the molecule is CCCC(NC(=O)[C@H](CC(C)C)NC(=O)[C@@H](NC(=O)OCC(C)C)C1CCN(C(=O)C2CCCC2)CC1)C(=O)C(=O)NCC(=O)N[C@H](C(=O)O)c1ccccc1. The number of ether oxygens (including phenoxy) is 1. The van der Waals surface area contributed by atoms with Crippen molar-refractivity contribution in [2.24, 2.45) is 23.7 Å². The van der Waals surface area contributed by atoms with Gasteiger partial charge in [-0.25, -0.2) is 9.59 Å². The second-order valence-corrected chi connectivity index (χ2v) is 15.6. The first-order valence-electron chi connectivity index (χ1n) is 19.8. The van der Waals surface area contributed by atoms with Crippen LogP contribution in [-0.2, 0) is 38.3 Å². The number of benzene rings is 1. The number of piperidine rings is 1. The minimum atomic E-state index is -1.38. The summed E-state index contributed by atoms with van der Waals surface area (Å²) in [6.07, 6.45) is 4.59. The van der Waals surface area contributed by atoms with Crippen LogP contribution in [0.4, 0.5) is 4.79 Å². The number of amides is 6. The van der Waals surface area contributed by atoms with E-state index < -0.39 is 72.2 Å². The molecule has 3 rings (SSSR count). The number of carbonyl (C=O) groups is 8. The second kappa shape index (κ2) is 22.5. The molecule has 1 heterocycles. The summed E-state index contributed by atoms with van der Waals surface area (Å²) in [6, 6.07) is 3.08. The third kappa shape index (κ3) is 14.2. The molecule has 0 aromatic heterocycles. The van der Waals surface area contributed by atoms with Crippen LogP contribution in [-0.4, -0.2) is 102 Å². The van der Waals surface area contributed by atoms with E-state index in [2.05, 4.69) is 26.6 Å². The van der Waals surface area contributed by atoms with E-state index in [0.717, 1.165) is 25.7 Å². The number of carboxylic acids is 1. The minimum absolute atomic E-state index is 0.0237. The van der Waals surface area contributed by atoms with Crippen LogP contribution in [0, 0.1) is 23.7 Å². The monoisotopic (exact) mass is 784 g/mol. The average Bonchev–Trinajstić information content (AvgIpc) is 3.71. The summed E-state index contributed by atoms with van der Waals surface area (Å²) in [4.78, 5) is 106. The van der Waals surface area contributed by atoms with Crippen molar-refractivity contribution in [3.05, 3.63) is 35.9 Å². The summed E-state index contributed by atoms with van der Waals surface area (Å²) < 4.78 is 5.33. The number of carboxylic acid groups (broad SMARTS) is 1. The van der Waals surface area contributed by atoms with Crippen molar-refractivity contribution in [2.75, 3.05) is 26.2 Å². The van der Waals surface area contributed by atoms with Gasteiger partial charge in [0.25, 0.3) is 5.91 Å². The number of carbonyl (C=O) groups excluding carboxylic acids is 7. The molecule has 1 saturated carbocycles. The number of nitrogens with zero attached hydrogens (tertiary/aromatic N) is 1. The molecule has 1 saturated heterocycles. The van der Waals surface area contributed by atoms with Gasteiger partial charge in [0.1, 0.15) is 12.1 Å². The Morgan fingerprint density at radius 1 is 0.804 bits per heavy atom. The molecule has 310 valence electrons. The van der Waals surface area contributed by atoms with Gasteiger partial charge in [-0.3, -0.25) is 28.8 Å². The molecule has 1 aromatic carbocycles. The maximum atomic E-state index is 14.0. The molecular formula is C40H60N6O10. The standard InChI is InChI=1S/C40H60N6O10/c1-6-12-29(34(48)37(51)41-22-31(47)44-33(39(53)54)26-13-8-7-9-14-26)42-35(49)30(21-24(2)3)43-36(50)32(45-40(55)56-23-25(4)5)27-17-19-46(20-18-27)38(52)28-15-10-11-16-28/h7-9,13-14,24-25,27-30,32-33H,6,10-12,15-23H2,1-5H3,(H,41,51)(H,42,49)(H,43,50)(H,44,47)(H,45,55)(H,53,54)/t29?,30-,32-,33-/m0/s1. The van der Waals surface area contributed by atoms with Gasteiger partial charge in [-0.2, -0.15) is 0 Å². The summed E-state index contributed by atoms with van der Waals surface area (Å²) >= 11 is 0. The summed E-state index contributed by atoms with van der Waals surface area (Å²) in [6.45, 7) is 9.51. The lowest BCUT2D eigenvalue weighted by atomic mass is 9.87. The Morgan fingerprint density at radius 2 is 1.43 bits per heavy atom. The minimum Gasteiger partial charge on any atom is -0.479 e. The lowest BCUT2D eigenvalue weighted by Crippen LogP contribution is -2.59. The fourth-order valence-electron chi connectivity index (χ4n) is 7.04. The number of rotatable bonds is 20. The van der Waals surface area contributed by atoms with Crippen LogP contribution in [0.15, 0.2) is 30.3 Å². The van der Waals surface area contributed by atoms with E-state index in [1.807, 2.05) is 32.6 Å². The quantitative estimate of drug-likeness (QED) is 0.106. The molecule has 16 heteroatoms. The first-order chi connectivity index (χ1) is 26.6. The number of aliphatic carboxylic acids is 1. The molecule has 1 unspecified atom stereocenters. The van der Waals surface area contributed by atoms with Gasteiger partial charge >= 0.3 is 12.1 Å². The van der Waals surface area contributed by atoms with Crippen LogP contribution < -0.4 is 26.6 Å². The smallest absolute Gasteiger partial charge is 0.407 e. The van der Waals surface area contributed by atoms with Crippen molar-refractivity contribution in [3.63, 3.8) is 0 Å². The van der Waals surface area contributed by atoms with E-state index in [-0.39, 0.29) is 49.0 Å². The molecule has 56 heavy (non-hydrogen) atoms. The number of ketones is 1. The molecule has 4 atom stereocenters. The van der Waals surface area contributed by atoms with Crippen molar-refractivity contribution in [3.8, 4) is 0 Å². The molecule has 6 N–H and O–H groups in total. The van der Waals surface area contributed by atoms with Gasteiger partial charge in [0, 0.05) is 19.0 Å². The van der Waals surface area contributed by atoms with Gasteiger partial charge in [0.05, 0.1) is 19.2 Å². The highest BCUT2D eigenvalue weighted by atomic mass is 16.5. The van der Waals surface area contributed by atoms with Gasteiger partial charge in [0.2, 0.25) is 29.4 Å². The van der Waals surface area contributed by atoms with Crippen LogP contribution >= 0.6 is 0 Å². The van der Waals surface area contributed by atoms with Gasteiger partial charge in [-0.05, 0) is 61.8 Å². The van der Waals surface area contributed by atoms with E-state index in [4.69, 9.17) is 4.74 Å². The molecule has 6 amide bonds. The number of nitrogens with one attached hydrogen (secondary N) is 5. The van der Waals surface area contributed by atoms with Crippen LogP contribution in [0.2, 0.25) is 0 Å². The number of hydrogen-bond acceptors (Lipinski definition) is 9. The molecular weight excluding hydrogens is 724 g/mol. The number of hydrogen-bond donors (Lipinski definition) is 6. The van der Waals surface area contributed by atoms with E-state index in [1.54, 1.807) is 25.1 Å². The van der Waals surface area contributed by atoms with Crippen molar-refractivity contribution in [1.29, 1.82) is 0 Å². The Kier molecular flexibility index (Phi) is 18.2. The highest BCUT2D eigenvalue weighted by Gasteiger charge is 2.38. The normalized spacial score (nSPS) is 16.9. The number of likely N-dealkylation sites (tertiary alicyclic amines) is 1. The summed E-state index contributed by atoms with van der Waals surface area (Å²) in [5, 5.41) is 22.2. The zero-order valence-corrected chi connectivity index (χ0v) is 33.3. The lowest BCUT2D eigenvalue weighted by Gasteiger charge is -2.37. The summed E-state index contributed by atoms with van der Waals surface area (Å²) in [5.74, 6) is -5.91. The zero-order valence-electron chi connectivity index (χ0n) is 33.3. The molecule has 2 fully saturated rings. The van der Waals surface area contributed by atoms with Gasteiger partial charge < -0.3 is 41.3 Å². The maximum absolute atomic E-state index is 14.0. The van der Waals surface area contributed by atoms with Gasteiger partial charge in [0.15, 0.2) is 6.04 Å². The summed E-state index contributed by atoms with van der Waals surface area (Å²) in [5.41, 5.74) is 0.314. The second-order valence-electron chi connectivity index (χ2n) is 15.6. The lowest BCUT2D eigenvalue weighted by molar-refractivity contribution is -0.142. The van der Waals surface area contributed by atoms with E-state index in [9.17, 15) is 43.5 Å². The van der Waals surface area contributed by atoms with Crippen molar-refractivity contribution in [2.45, 2.75) is 117 Å².